The van der Waals surface area contributed by atoms with E-state index in [0.29, 0.717) is 11.4 Å². The van der Waals surface area contributed by atoms with Gasteiger partial charge in [0, 0.05) is 18.8 Å². The number of aromatic nitrogens is 1. The van der Waals surface area contributed by atoms with Gasteiger partial charge in [-0.3, -0.25) is 0 Å². The molecule has 0 spiro atoms. The molecule has 1 aromatic rings. The molecular weight excluding hydrogens is 214 g/mol. The number of aliphatic hydroxyl groups is 1. The van der Waals surface area contributed by atoms with Crippen LogP contribution in [0.25, 0.3) is 0 Å². The number of nitrogens with one attached hydrogen (secondary N) is 1. The fourth-order valence-corrected chi connectivity index (χ4v) is 1.69. The SMILES string of the molecule is CC[C@@H](C[C@@H](C)CO)Nc1ncccc1C#N. The molecule has 0 aliphatic heterocycles. The summed E-state index contributed by atoms with van der Waals surface area (Å²) in [6.07, 6.45) is 3.48. The van der Waals surface area contributed by atoms with Crippen LogP contribution in [0.15, 0.2) is 18.3 Å². The predicted molar refractivity (Wildman–Crippen MR) is 67.5 cm³/mol. The Bertz CT molecular complexity index is 386. The number of anilines is 1. The third-order valence-corrected chi connectivity index (χ3v) is 2.76. The lowest BCUT2D eigenvalue weighted by Crippen LogP contribution is -2.23. The van der Waals surface area contributed by atoms with Gasteiger partial charge in [0.05, 0.1) is 5.56 Å². The minimum Gasteiger partial charge on any atom is -0.396 e. The van der Waals surface area contributed by atoms with E-state index in [1.54, 1.807) is 18.3 Å². The number of aliphatic hydroxyl groups excluding tert-OH is 1. The van der Waals surface area contributed by atoms with Gasteiger partial charge in [0.2, 0.25) is 0 Å². The smallest absolute Gasteiger partial charge is 0.144 e. The van der Waals surface area contributed by atoms with Gasteiger partial charge in [0.1, 0.15) is 11.9 Å². The molecule has 1 heterocycles. The van der Waals surface area contributed by atoms with Crippen molar-refractivity contribution >= 4 is 5.82 Å². The van der Waals surface area contributed by atoms with Crippen molar-refractivity contribution in [1.82, 2.24) is 4.98 Å². The van der Waals surface area contributed by atoms with Gasteiger partial charge in [0.15, 0.2) is 0 Å². The molecule has 0 aromatic carbocycles. The Kier molecular flexibility index (Phi) is 5.44. The fourth-order valence-electron chi connectivity index (χ4n) is 1.69. The average molecular weight is 233 g/mol. The summed E-state index contributed by atoms with van der Waals surface area (Å²) in [5.74, 6) is 0.883. The van der Waals surface area contributed by atoms with Crippen LogP contribution in [0.1, 0.15) is 32.3 Å². The zero-order valence-corrected chi connectivity index (χ0v) is 10.3. The van der Waals surface area contributed by atoms with Gasteiger partial charge in [-0.05, 0) is 30.9 Å². The van der Waals surface area contributed by atoms with Crippen molar-refractivity contribution in [2.75, 3.05) is 11.9 Å². The summed E-state index contributed by atoms with van der Waals surface area (Å²) in [6, 6.07) is 5.85. The molecule has 2 atom stereocenters. The Morgan fingerprint density at radius 3 is 2.94 bits per heavy atom. The fraction of sp³-hybridized carbons (Fsp3) is 0.538. The first-order valence-electron chi connectivity index (χ1n) is 5.93. The first-order valence-corrected chi connectivity index (χ1v) is 5.93. The zero-order valence-electron chi connectivity index (χ0n) is 10.3. The summed E-state index contributed by atoms with van der Waals surface area (Å²) in [5.41, 5.74) is 0.558. The standard InChI is InChI=1S/C13H19N3O/c1-3-12(7-10(2)9-17)16-13-11(8-14)5-4-6-15-13/h4-6,10,12,17H,3,7,9H2,1-2H3,(H,15,16)/t10-,12+/m1/s1. The zero-order chi connectivity index (χ0) is 12.7. The van der Waals surface area contributed by atoms with Crippen LogP contribution < -0.4 is 5.32 Å². The first kappa shape index (κ1) is 13.5. The summed E-state index contributed by atoms with van der Waals surface area (Å²) in [4.78, 5) is 4.17. The van der Waals surface area contributed by atoms with Gasteiger partial charge in [-0.2, -0.15) is 5.26 Å². The highest BCUT2D eigenvalue weighted by Gasteiger charge is 2.13. The second-order valence-corrected chi connectivity index (χ2v) is 4.28. The van der Waals surface area contributed by atoms with Gasteiger partial charge < -0.3 is 10.4 Å². The van der Waals surface area contributed by atoms with E-state index in [1.165, 1.54) is 0 Å². The Balaban J connectivity index is 2.71. The van der Waals surface area contributed by atoms with E-state index in [1.807, 2.05) is 6.92 Å². The lowest BCUT2D eigenvalue weighted by Gasteiger charge is -2.20. The number of pyridine rings is 1. The van der Waals surface area contributed by atoms with E-state index < -0.39 is 0 Å². The number of rotatable bonds is 6. The molecule has 0 saturated heterocycles. The molecule has 0 fully saturated rings. The highest BCUT2D eigenvalue weighted by atomic mass is 16.3. The number of hydrogen-bond donors (Lipinski definition) is 2. The van der Waals surface area contributed by atoms with Crippen LogP contribution in [-0.2, 0) is 0 Å². The maximum absolute atomic E-state index is 9.05. The predicted octanol–water partition coefficient (Wildman–Crippen LogP) is 2.16. The summed E-state index contributed by atoms with van der Waals surface area (Å²) in [7, 11) is 0. The number of nitrogens with zero attached hydrogens (tertiary/aromatic N) is 2. The molecule has 0 aliphatic rings. The maximum atomic E-state index is 9.05. The molecule has 1 aromatic heterocycles. The Morgan fingerprint density at radius 2 is 2.35 bits per heavy atom. The molecular formula is C13H19N3O. The van der Waals surface area contributed by atoms with Crippen molar-refractivity contribution < 1.29 is 5.11 Å². The molecule has 0 radical (unpaired) electrons. The van der Waals surface area contributed by atoms with E-state index >= 15 is 0 Å². The summed E-state index contributed by atoms with van der Waals surface area (Å²) < 4.78 is 0. The van der Waals surface area contributed by atoms with Crippen molar-refractivity contribution in [1.29, 1.82) is 5.26 Å². The maximum Gasteiger partial charge on any atom is 0.144 e. The molecule has 4 heteroatoms. The highest BCUT2D eigenvalue weighted by molar-refractivity contribution is 5.51. The van der Waals surface area contributed by atoms with E-state index in [-0.39, 0.29) is 18.6 Å². The van der Waals surface area contributed by atoms with Crippen LogP contribution in [0.2, 0.25) is 0 Å². The van der Waals surface area contributed by atoms with Gasteiger partial charge in [-0.15, -0.1) is 0 Å². The lowest BCUT2D eigenvalue weighted by atomic mass is 10.0. The van der Waals surface area contributed by atoms with Crippen molar-refractivity contribution in [2.24, 2.45) is 5.92 Å². The van der Waals surface area contributed by atoms with Gasteiger partial charge in [-0.1, -0.05) is 13.8 Å². The van der Waals surface area contributed by atoms with Crippen LogP contribution in [-0.4, -0.2) is 22.7 Å². The van der Waals surface area contributed by atoms with Crippen LogP contribution >= 0.6 is 0 Å². The third-order valence-electron chi connectivity index (χ3n) is 2.76. The molecule has 17 heavy (non-hydrogen) atoms. The molecule has 0 amide bonds. The minimum atomic E-state index is 0.186. The Hall–Kier alpha value is -1.60. The molecule has 0 bridgehead atoms. The minimum absolute atomic E-state index is 0.186. The molecule has 4 nitrogen and oxygen atoms in total. The van der Waals surface area contributed by atoms with Crippen molar-refractivity contribution in [3.05, 3.63) is 23.9 Å². The van der Waals surface area contributed by atoms with Crippen LogP contribution in [0.4, 0.5) is 5.82 Å². The largest absolute Gasteiger partial charge is 0.396 e. The molecule has 1 rings (SSSR count). The highest BCUT2D eigenvalue weighted by Crippen LogP contribution is 2.16. The van der Waals surface area contributed by atoms with Gasteiger partial charge in [0.25, 0.3) is 0 Å². The second kappa shape index (κ2) is 6.87. The van der Waals surface area contributed by atoms with Crippen molar-refractivity contribution in [2.45, 2.75) is 32.7 Å². The van der Waals surface area contributed by atoms with Crippen LogP contribution in [0, 0.1) is 17.2 Å². The van der Waals surface area contributed by atoms with Gasteiger partial charge in [-0.25, -0.2) is 4.98 Å². The van der Waals surface area contributed by atoms with Crippen molar-refractivity contribution in [3.63, 3.8) is 0 Å². The molecule has 92 valence electrons. The summed E-state index contributed by atoms with van der Waals surface area (Å²) in [5, 5.41) is 21.3. The quantitative estimate of drug-likeness (QED) is 0.790. The van der Waals surface area contributed by atoms with E-state index in [9.17, 15) is 0 Å². The molecule has 0 unspecified atom stereocenters. The second-order valence-electron chi connectivity index (χ2n) is 4.28. The Morgan fingerprint density at radius 1 is 1.59 bits per heavy atom. The van der Waals surface area contributed by atoms with E-state index in [0.717, 1.165) is 12.8 Å². The summed E-state index contributed by atoms with van der Waals surface area (Å²) in [6.45, 7) is 4.27. The molecule has 2 N–H and O–H groups in total. The lowest BCUT2D eigenvalue weighted by molar-refractivity contribution is 0.224. The topological polar surface area (TPSA) is 68.9 Å². The normalized spacial score (nSPS) is 13.8. The first-order chi connectivity index (χ1) is 8.21. The van der Waals surface area contributed by atoms with Crippen molar-refractivity contribution in [3.8, 4) is 6.07 Å². The molecule has 0 aliphatic carbocycles. The van der Waals surface area contributed by atoms with E-state index in [4.69, 9.17) is 10.4 Å². The molecule has 0 saturated carbocycles. The summed E-state index contributed by atoms with van der Waals surface area (Å²) >= 11 is 0. The average Bonchev–Trinajstić information content (AvgIpc) is 2.38. The Labute approximate surface area is 102 Å². The number of hydrogen-bond acceptors (Lipinski definition) is 4. The van der Waals surface area contributed by atoms with E-state index in [2.05, 4.69) is 23.3 Å². The third kappa shape index (κ3) is 4.04. The number of nitriles is 1. The van der Waals surface area contributed by atoms with Crippen LogP contribution in [0.5, 0.6) is 0 Å². The monoisotopic (exact) mass is 233 g/mol. The van der Waals surface area contributed by atoms with Crippen LogP contribution in [0.3, 0.4) is 0 Å². The van der Waals surface area contributed by atoms with Gasteiger partial charge >= 0.3 is 0 Å².